The SMILES string of the molecule is CC1=C(S(=O)(=O)O)C(C)=[N+]2C1=C(c1ccc(-c3cn(-c4ccc(C5=C6C=CC(c7ccc(C(=O)O)cc7)=[N+]6[B-](F)(F)n6c5ccc6-c5ccc(C(=O)O)cc5)cc4)nn3)cc1)c1c(C)c(S(=O)(=O)O)c(C)n1[B-]2(F)F. The minimum absolute atomic E-state index is 0.000445. The summed E-state index contributed by atoms with van der Waals surface area (Å²) in [5.41, 5.74) is 1.75. The van der Waals surface area contributed by atoms with Gasteiger partial charge in [-0.2, -0.15) is 16.8 Å². The van der Waals surface area contributed by atoms with E-state index >= 15 is 17.3 Å². The molecule has 0 amide bonds. The molecule has 0 spiro atoms. The lowest BCUT2D eigenvalue weighted by Crippen LogP contribution is -2.51. The Kier molecular flexibility index (Phi) is 10.7. The van der Waals surface area contributed by atoms with Crippen LogP contribution in [0, 0.1) is 13.8 Å². The van der Waals surface area contributed by atoms with E-state index in [2.05, 4.69) is 10.3 Å². The molecular formula is C50H37B2F4N7O10S2. The van der Waals surface area contributed by atoms with Gasteiger partial charge in [0.1, 0.15) is 10.6 Å². The van der Waals surface area contributed by atoms with Gasteiger partial charge in [0.2, 0.25) is 0 Å². The zero-order valence-electron chi connectivity index (χ0n) is 39.5. The maximum absolute atomic E-state index is 17.4. The van der Waals surface area contributed by atoms with Gasteiger partial charge in [0.05, 0.1) is 34.2 Å². The summed E-state index contributed by atoms with van der Waals surface area (Å²) in [6.07, 6.45) is 4.71. The average Bonchev–Trinajstić information content (AvgIpc) is 4.20. The number of aromatic nitrogens is 5. The molecule has 0 aliphatic carbocycles. The normalized spacial score (nSPS) is 16.7. The summed E-state index contributed by atoms with van der Waals surface area (Å²) in [5.74, 6) is -2.36. The van der Waals surface area contributed by atoms with Crippen LogP contribution in [0.2, 0.25) is 0 Å². The topological polar surface area (TPSA) is 230 Å². The Morgan fingerprint density at radius 2 is 1.12 bits per heavy atom. The van der Waals surface area contributed by atoms with Crippen molar-refractivity contribution >= 4 is 68.7 Å². The number of fused-ring (bicyclic) bond motifs is 4. The maximum atomic E-state index is 17.4. The number of hydrogen-bond donors (Lipinski definition) is 4. The van der Waals surface area contributed by atoms with Crippen LogP contribution in [0.3, 0.4) is 0 Å². The third kappa shape index (κ3) is 7.28. The van der Waals surface area contributed by atoms with Gasteiger partial charge in [0.25, 0.3) is 10.1 Å². The summed E-state index contributed by atoms with van der Waals surface area (Å²) in [4.78, 5) is 21.8. The highest BCUT2D eigenvalue weighted by atomic mass is 32.2. The number of hydrogen-bond acceptors (Lipinski definition) is 8. The van der Waals surface area contributed by atoms with E-state index in [0.29, 0.717) is 48.2 Å². The second-order valence-electron chi connectivity index (χ2n) is 18.3. The average molecular weight is 1060 g/mol. The van der Waals surface area contributed by atoms with E-state index in [9.17, 15) is 45.7 Å². The molecule has 378 valence electrons. The molecule has 25 heteroatoms. The number of carbonyl (C=O) groups is 2. The van der Waals surface area contributed by atoms with Crippen LogP contribution in [-0.4, -0.2) is 106 Å². The first-order chi connectivity index (χ1) is 35.3. The van der Waals surface area contributed by atoms with Crippen molar-refractivity contribution in [2.24, 2.45) is 0 Å². The summed E-state index contributed by atoms with van der Waals surface area (Å²) in [5, 5.41) is 27.7. The molecule has 7 heterocycles. The van der Waals surface area contributed by atoms with Crippen molar-refractivity contribution in [3.8, 4) is 28.2 Å². The van der Waals surface area contributed by atoms with Crippen LogP contribution in [-0.2, 0) is 20.2 Å². The van der Waals surface area contributed by atoms with Gasteiger partial charge < -0.3 is 45.4 Å². The fraction of sp³-hybridized carbons (Fsp3) is 0.0800. The van der Waals surface area contributed by atoms with Gasteiger partial charge in [-0.25, -0.2) is 14.3 Å². The van der Waals surface area contributed by atoms with E-state index in [4.69, 9.17) is 0 Å². The number of halogens is 4. The monoisotopic (exact) mass is 1060 g/mol. The predicted molar refractivity (Wildman–Crippen MR) is 268 cm³/mol. The molecule has 0 saturated carbocycles. The first-order valence-electron chi connectivity index (χ1n) is 22.7. The van der Waals surface area contributed by atoms with Crippen molar-refractivity contribution < 1.29 is 72.0 Å². The molecule has 0 radical (unpaired) electrons. The lowest BCUT2D eigenvalue weighted by atomic mass is 9.83. The standard InChI is InChI=1S/C50H37B2F4N7O10S2/c1-26-45-44(46-27(2)48(75(71,72)73)29(4)61(46)51(53,54)60(45)28(3)47(26)74(68,69)70)34-11-5-30(6-12-34)38-25-59(58-57-38)37-19-17-33(18-20-37)43-41-23-21-39(31-7-13-35(14-8-31)49(64)65)62(41)52(55,56)63-40(22-24-42(43)63)32-9-15-36(16-10-32)50(66)67/h5-25H,1-4H3,(H,64,65)(H,66,67)(H,68,69,70)(H,71,72,73). The Morgan fingerprint density at radius 3 is 1.69 bits per heavy atom. The van der Waals surface area contributed by atoms with Gasteiger partial charge in [-0.05, 0) is 104 Å². The highest BCUT2D eigenvalue weighted by molar-refractivity contribution is 7.91. The molecule has 0 atom stereocenters. The lowest BCUT2D eigenvalue weighted by molar-refractivity contribution is -0.363. The smallest absolute Gasteiger partial charge is 0.478 e. The summed E-state index contributed by atoms with van der Waals surface area (Å²) < 4.78 is 143. The van der Waals surface area contributed by atoms with Crippen LogP contribution in [0.25, 0.3) is 39.3 Å². The van der Waals surface area contributed by atoms with Gasteiger partial charge in [0.15, 0.2) is 27.7 Å². The molecule has 0 fully saturated rings. The van der Waals surface area contributed by atoms with Gasteiger partial charge in [-0.15, -0.1) is 5.10 Å². The predicted octanol–water partition coefficient (Wildman–Crippen LogP) is 8.18. The van der Waals surface area contributed by atoms with E-state index in [1.807, 2.05) is 0 Å². The van der Waals surface area contributed by atoms with E-state index in [1.54, 1.807) is 66.9 Å². The number of benzene rings is 4. The molecule has 3 aromatic heterocycles. The highest BCUT2D eigenvalue weighted by Crippen LogP contribution is 2.49. The van der Waals surface area contributed by atoms with Crippen molar-refractivity contribution in [3.63, 3.8) is 0 Å². The van der Waals surface area contributed by atoms with Crippen molar-refractivity contribution in [1.82, 2.24) is 24.0 Å². The Morgan fingerprint density at radius 1 is 0.600 bits per heavy atom. The molecule has 0 saturated heterocycles. The van der Waals surface area contributed by atoms with Crippen LogP contribution in [0.1, 0.15) is 73.9 Å². The molecule has 75 heavy (non-hydrogen) atoms. The largest absolute Gasteiger partial charge is 0.737 e. The lowest BCUT2D eigenvalue weighted by Gasteiger charge is -2.33. The van der Waals surface area contributed by atoms with Crippen LogP contribution >= 0.6 is 0 Å². The zero-order chi connectivity index (χ0) is 53.6. The van der Waals surface area contributed by atoms with E-state index in [0.717, 1.165) is 22.8 Å². The molecule has 4 aliphatic rings. The molecule has 17 nitrogen and oxygen atoms in total. The Bertz CT molecular complexity index is 4190. The summed E-state index contributed by atoms with van der Waals surface area (Å²) in [6.45, 7) is -4.92. The minimum atomic E-state index is -5.04. The van der Waals surface area contributed by atoms with Gasteiger partial charge in [0, 0.05) is 58.6 Å². The Labute approximate surface area is 423 Å². The van der Waals surface area contributed by atoms with Crippen LogP contribution in [0.15, 0.2) is 154 Å². The van der Waals surface area contributed by atoms with Crippen molar-refractivity contribution in [1.29, 1.82) is 0 Å². The van der Waals surface area contributed by atoms with E-state index in [-0.39, 0.29) is 67.6 Å². The van der Waals surface area contributed by atoms with E-state index in [1.165, 1.54) is 79.2 Å². The van der Waals surface area contributed by atoms with Crippen LogP contribution < -0.4 is 0 Å². The number of nitrogens with zero attached hydrogens (tertiary/aromatic N) is 7. The minimum Gasteiger partial charge on any atom is -0.478 e. The molecule has 4 aromatic carbocycles. The van der Waals surface area contributed by atoms with E-state index < -0.39 is 67.3 Å². The van der Waals surface area contributed by atoms with Gasteiger partial charge in [-0.1, -0.05) is 53.7 Å². The third-order valence-electron chi connectivity index (χ3n) is 14.1. The highest BCUT2D eigenvalue weighted by Gasteiger charge is 2.59. The first-order valence-corrected chi connectivity index (χ1v) is 25.6. The fourth-order valence-corrected chi connectivity index (χ4v) is 12.9. The van der Waals surface area contributed by atoms with Crippen molar-refractivity contribution in [2.45, 2.75) is 32.6 Å². The fourth-order valence-electron chi connectivity index (χ4n) is 11.0. The second kappa shape index (κ2) is 16.5. The molecule has 4 N–H and O–H groups in total. The molecule has 0 bridgehead atoms. The van der Waals surface area contributed by atoms with Crippen molar-refractivity contribution in [3.05, 3.63) is 200 Å². The number of aromatic carboxylic acids is 2. The Balaban J connectivity index is 0.976. The van der Waals surface area contributed by atoms with Crippen molar-refractivity contribution in [2.75, 3.05) is 0 Å². The summed E-state index contributed by atoms with van der Waals surface area (Å²) in [6, 6.07) is 27.4. The number of carboxylic acid groups (broad SMARTS) is 2. The number of allylic oxidation sites excluding steroid dienone is 4. The van der Waals surface area contributed by atoms with Gasteiger partial charge in [-0.3, -0.25) is 9.11 Å². The van der Waals surface area contributed by atoms with Gasteiger partial charge >= 0.3 is 36.0 Å². The second-order valence-corrected chi connectivity index (χ2v) is 21.0. The zero-order valence-corrected chi connectivity index (χ0v) is 41.1. The maximum Gasteiger partial charge on any atom is 0.737 e. The molecule has 7 aromatic rings. The van der Waals surface area contributed by atoms with Crippen LogP contribution in [0.5, 0.6) is 0 Å². The molecule has 11 rings (SSSR count). The quantitative estimate of drug-likeness (QED) is 0.0578. The number of rotatable bonds is 10. The molecular weight excluding hydrogens is 1020 g/mol. The molecule has 0 unspecified atom stereocenters. The van der Waals surface area contributed by atoms with Crippen LogP contribution in [0.4, 0.5) is 17.3 Å². The summed E-state index contributed by atoms with van der Waals surface area (Å²) in [7, 11) is -10.1. The molecule has 4 aliphatic heterocycles. The third-order valence-corrected chi connectivity index (χ3v) is 16.3. The Hall–Kier alpha value is -8.51. The number of carboxylic acids is 2. The summed E-state index contributed by atoms with van der Waals surface area (Å²) >= 11 is 0. The first kappa shape index (κ1) is 48.7.